The zero-order valence-electron chi connectivity index (χ0n) is 20.0. The largest absolute Gasteiger partial charge is 0.492 e. The molecule has 9 nitrogen and oxygen atoms in total. The molecule has 0 bridgehead atoms. The summed E-state index contributed by atoms with van der Waals surface area (Å²) in [5.41, 5.74) is 1.39. The number of pyridine rings is 1. The Balaban J connectivity index is 1.70. The van der Waals surface area contributed by atoms with Crippen molar-refractivity contribution in [2.45, 2.75) is 32.8 Å². The number of rotatable bonds is 10. The minimum Gasteiger partial charge on any atom is -0.492 e. The number of hydrogen-bond acceptors (Lipinski definition) is 7. The van der Waals surface area contributed by atoms with Gasteiger partial charge in [-0.3, -0.25) is 0 Å². The Labute approximate surface area is 202 Å². The van der Waals surface area contributed by atoms with E-state index in [1.807, 2.05) is 0 Å². The Kier molecular flexibility index (Phi) is 8.45. The normalized spacial score (nSPS) is 11.3. The first-order valence-corrected chi connectivity index (χ1v) is 10.9. The van der Waals surface area contributed by atoms with E-state index in [0.29, 0.717) is 23.0 Å². The summed E-state index contributed by atoms with van der Waals surface area (Å²) in [7, 11) is 1.51. The van der Waals surface area contributed by atoms with Crippen molar-refractivity contribution < 1.29 is 32.5 Å². The van der Waals surface area contributed by atoms with E-state index in [-0.39, 0.29) is 19.0 Å². The highest BCUT2D eigenvalue weighted by Crippen LogP contribution is 2.29. The smallest absolute Gasteiger partial charge is 0.407 e. The topological polar surface area (TPSA) is 96.7 Å². The van der Waals surface area contributed by atoms with Crippen molar-refractivity contribution in [1.82, 2.24) is 20.1 Å². The quantitative estimate of drug-likeness (QED) is 0.418. The molecule has 0 aliphatic carbocycles. The van der Waals surface area contributed by atoms with E-state index in [4.69, 9.17) is 18.9 Å². The number of hydrogen-bond donors (Lipinski definition) is 1. The van der Waals surface area contributed by atoms with Gasteiger partial charge in [-0.15, -0.1) is 5.10 Å². The minimum atomic E-state index is -2.62. The third-order valence-electron chi connectivity index (χ3n) is 4.41. The Morgan fingerprint density at radius 1 is 1.09 bits per heavy atom. The number of alkyl halides is 2. The van der Waals surface area contributed by atoms with E-state index >= 15 is 0 Å². The summed E-state index contributed by atoms with van der Waals surface area (Å²) in [6, 6.07) is 12.1. The SMILES string of the molecule is COc1ccc(-n2nc(OCC(F)F)cc2-c2ccc(OCCNC(=O)OC(C)(C)C)cc2)cn1. The van der Waals surface area contributed by atoms with Crippen molar-refractivity contribution in [1.29, 1.82) is 0 Å². The standard InChI is InChI=1S/C24H28F2N4O5/c1-24(2,3)35-23(31)27-11-12-33-18-8-5-16(6-9-18)19-13-22(34-15-20(25)26)29-30(19)17-7-10-21(32-4)28-14-17/h5-10,13-14,20H,11-12,15H2,1-4H3,(H,27,31). The minimum absolute atomic E-state index is 0.0599. The predicted molar refractivity (Wildman–Crippen MR) is 125 cm³/mol. The predicted octanol–water partition coefficient (Wildman–Crippen LogP) is 4.49. The molecule has 0 radical (unpaired) electrons. The zero-order chi connectivity index (χ0) is 25.4. The van der Waals surface area contributed by atoms with Crippen molar-refractivity contribution >= 4 is 6.09 Å². The summed E-state index contributed by atoms with van der Waals surface area (Å²) in [6.45, 7) is 5.13. The van der Waals surface area contributed by atoms with Crippen molar-refractivity contribution in [3.63, 3.8) is 0 Å². The van der Waals surface area contributed by atoms with Crippen LogP contribution in [0.4, 0.5) is 13.6 Å². The molecule has 0 saturated heterocycles. The van der Waals surface area contributed by atoms with E-state index in [9.17, 15) is 13.6 Å². The number of aromatic nitrogens is 3. The van der Waals surface area contributed by atoms with Crippen LogP contribution < -0.4 is 19.5 Å². The monoisotopic (exact) mass is 490 g/mol. The number of amides is 1. The second kappa shape index (κ2) is 11.5. The second-order valence-corrected chi connectivity index (χ2v) is 8.34. The van der Waals surface area contributed by atoms with E-state index in [0.717, 1.165) is 5.56 Å². The number of nitrogens with one attached hydrogen (secondary N) is 1. The second-order valence-electron chi connectivity index (χ2n) is 8.34. The lowest BCUT2D eigenvalue weighted by Crippen LogP contribution is -2.34. The highest BCUT2D eigenvalue weighted by Gasteiger charge is 2.16. The number of halogens is 2. The first kappa shape index (κ1) is 25.7. The molecule has 0 atom stereocenters. The lowest BCUT2D eigenvalue weighted by molar-refractivity contribution is 0.0520. The summed E-state index contributed by atoms with van der Waals surface area (Å²) >= 11 is 0. The highest BCUT2D eigenvalue weighted by molar-refractivity contribution is 5.67. The third kappa shape index (κ3) is 7.83. The number of methoxy groups -OCH3 is 1. The molecule has 1 N–H and O–H groups in total. The van der Waals surface area contributed by atoms with Gasteiger partial charge in [-0.1, -0.05) is 0 Å². The maximum absolute atomic E-state index is 12.6. The molecule has 0 spiro atoms. The lowest BCUT2D eigenvalue weighted by atomic mass is 10.1. The van der Waals surface area contributed by atoms with Gasteiger partial charge in [0.25, 0.3) is 6.43 Å². The van der Waals surface area contributed by atoms with Crippen LogP contribution in [0, 0.1) is 0 Å². The number of nitrogens with zero attached hydrogens (tertiary/aromatic N) is 3. The van der Waals surface area contributed by atoms with Gasteiger partial charge in [-0.2, -0.15) is 0 Å². The molecule has 3 aromatic rings. The molecule has 0 unspecified atom stereocenters. The Morgan fingerprint density at radius 2 is 1.83 bits per heavy atom. The molecule has 2 heterocycles. The van der Waals surface area contributed by atoms with Gasteiger partial charge in [0.1, 0.15) is 18.0 Å². The average molecular weight is 491 g/mol. The van der Waals surface area contributed by atoms with Crippen LogP contribution in [0.2, 0.25) is 0 Å². The van der Waals surface area contributed by atoms with E-state index in [2.05, 4.69) is 15.4 Å². The fourth-order valence-corrected chi connectivity index (χ4v) is 2.96. The summed E-state index contributed by atoms with van der Waals surface area (Å²) in [5, 5.41) is 6.93. The van der Waals surface area contributed by atoms with Crippen LogP contribution >= 0.6 is 0 Å². The molecule has 0 fully saturated rings. The van der Waals surface area contributed by atoms with Gasteiger partial charge >= 0.3 is 6.09 Å². The van der Waals surface area contributed by atoms with E-state index < -0.39 is 24.7 Å². The van der Waals surface area contributed by atoms with Crippen LogP contribution in [-0.4, -0.2) is 59.8 Å². The number of benzene rings is 1. The van der Waals surface area contributed by atoms with Gasteiger partial charge in [-0.25, -0.2) is 23.2 Å². The van der Waals surface area contributed by atoms with Crippen molar-refractivity contribution in [3.8, 4) is 34.5 Å². The van der Waals surface area contributed by atoms with Gasteiger partial charge in [0.15, 0.2) is 6.61 Å². The molecule has 2 aromatic heterocycles. The van der Waals surface area contributed by atoms with Crippen LogP contribution in [0.1, 0.15) is 20.8 Å². The first-order chi connectivity index (χ1) is 16.6. The average Bonchev–Trinajstić information content (AvgIpc) is 3.24. The Bertz CT molecular complexity index is 1100. The number of alkyl carbamates (subject to hydrolysis) is 1. The molecule has 0 aliphatic rings. The molecule has 35 heavy (non-hydrogen) atoms. The zero-order valence-corrected chi connectivity index (χ0v) is 20.0. The molecule has 3 rings (SSSR count). The lowest BCUT2D eigenvalue weighted by Gasteiger charge is -2.19. The van der Waals surface area contributed by atoms with Gasteiger partial charge in [0.2, 0.25) is 11.8 Å². The molecule has 0 saturated carbocycles. The molecule has 0 aliphatic heterocycles. The number of ether oxygens (including phenoxy) is 4. The fraction of sp³-hybridized carbons (Fsp3) is 0.375. The van der Waals surface area contributed by atoms with Crippen molar-refractivity contribution in [2.75, 3.05) is 26.9 Å². The van der Waals surface area contributed by atoms with Crippen LogP contribution in [0.25, 0.3) is 16.9 Å². The fourth-order valence-electron chi connectivity index (χ4n) is 2.96. The highest BCUT2D eigenvalue weighted by atomic mass is 19.3. The van der Waals surface area contributed by atoms with Gasteiger partial charge in [0, 0.05) is 17.7 Å². The van der Waals surface area contributed by atoms with Crippen molar-refractivity contribution in [2.24, 2.45) is 0 Å². The number of carbonyl (C=O) groups excluding carboxylic acids is 1. The Morgan fingerprint density at radius 3 is 2.43 bits per heavy atom. The summed E-state index contributed by atoms with van der Waals surface area (Å²) in [6.07, 6.45) is -1.57. The van der Waals surface area contributed by atoms with Crippen LogP contribution in [0.5, 0.6) is 17.5 Å². The van der Waals surface area contributed by atoms with E-state index in [1.165, 1.54) is 7.11 Å². The maximum Gasteiger partial charge on any atom is 0.407 e. The molecule has 188 valence electrons. The maximum atomic E-state index is 12.6. The molecule has 11 heteroatoms. The molecular weight excluding hydrogens is 462 g/mol. The van der Waals surface area contributed by atoms with Gasteiger partial charge < -0.3 is 24.3 Å². The van der Waals surface area contributed by atoms with Crippen LogP contribution in [0.15, 0.2) is 48.7 Å². The summed E-state index contributed by atoms with van der Waals surface area (Å²) in [5.74, 6) is 1.08. The molecule has 1 aromatic carbocycles. The third-order valence-corrected chi connectivity index (χ3v) is 4.41. The van der Waals surface area contributed by atoms with Crippen LogP contribution in [0.3, 0.4) is 0 Å². The summed E-state index contributed by atoms with van der Waals surface area (Å²) in [4.78, 5) is 15.9. The van der Waals surface area contributed by atoms with E-state index in [1.54, 1.807) is 74.1 Å². The number of carbonyl (C=O) groups is 1. The van der Waals surface area contributed by atoms with Gasteiger partial charge in [0.05, 0.1) is 31.2 Å². The van der Waals surface area contributed by atoms with Crippen molar-refractivity contribution in [3.05, 3.63) is 48.7 Å². The van der Waals surface area contributed by atoms with Gasteiger partial charge in [-0.05, 0) is 51.1 Å². The van der Waals surface area contributed by atoms with Crippen LogP contribution in [-0.2, 0) is 4.74 Å². The first-order valence-electron chi connectivity index (χ1n) is 10.9. The Hall–Kier alpha value is -3.89. The molecule has 1 amide bonds. The summed E-state index contributed by atoms with van der Waals surface area (Å²) < 4.78 is 47.8. The molecular formula is C24H28F2N4O5.